The van der Waals surface area contributed by atoms with E-state index in [0.717, 1.165) is 22.6 Å². The number of fused-ring (bicyclic) bond motifs is 1. The van der Waals surface area contributed by atoms with E-state index in [0.29, 0.717) is 23.2 Å². The van der Waals surface area contributed by atoms with E-state index < -0.39 is 0 Å². The predicted molar refractivity (Wildman–Crippen MR) is 105 cm³/mol. The largest absolute Gasteiger partial charge is 0.491 e. The van der Waals surface area contributed by atoms with Crippen LogP contribution in [0.3, 0.4) is 0 Å². The number of carbonyl (C=O) groups is 1. The molecule has 144 valence electrons. The van der Waals surface area contributed by atoms with Crippen LogP contribution in [-0.4, -0.2) is 34.2 Å². The minimum Gasteiger partial charge on any atom is -0.491 e. The minimum absolute atomic E-state index is 0.254. The Morgan fingerprint density at radius 2 is 2.18 bits per heavy atom. The molecular formula is C20H19ClN4O3. The van der Waals surface area contributed by atoms with Gasteiger partial charge in [-0.15, -0.1) is 0 Å². The summed E-state index contributed by atoms with van der Waals surface area (Å²) < 4.78 is 12.9. The summed E-state index contributed by atoms with van der Waals surface area (Å²) in [6.07, 6.45) is 3.53. The van der Waals surface area contributed by atoms with E-state index in [-0.39, 0.29) is 17.6 Å². The lowest BCUT2D eigenvalue weighted by atomic mass is 10.1. The van der Waals surface area contributed by atoms with Crippen molar-refractivity contribution in [2.45, 2.75) is 19.9 Å². The van der Waals surface area contributed by atoms with Crippen LogP contribution in [0, 0.1) is 13.8 Å². The Labute approximate surface area is 167 Å². The summed E-state index contributed by atoms with van der Waals surface area (Å²) in [5, 5.41) is 3.59. The van der Waals surface area contributed by atoms with Gasteiger partial charge in [-0.05, 0) is 43.7 Å². The summed E-state index contributed by atoms with van der Waals surface area (Å²) in [6, 6.07) is 6.86. The maximum atomic E-state index is 12.7. The maximum Gasteiger partial charge on any atom is 0.270 e. The zero-order chi connectivity index (χ0) is 19.8. The van der Waals surface area contributed by atoms with Gasteiger partial charge in [0.15, 0.2) is 0 Å². The fourth-order valence-electron chi connectivity index (χ4n) is 3.14. The zero-order valence-corrected chi connectivity index (χ0v) is 16.4. The first-order valence-electron chi connectivity index (χ1n) is 8.76. The van der Waals surface area contributed by atoms with Crippen molar-refractivity contribution < 1.29 is 14.3 Å². The standard InChI is InChI=1S/C20H19ClN4O3/c1-11-6-18-13(7-14(11)21)16(9-28-18)23-19(26)15-4-5-17(20(24-15)27-3)25-8-12(2)22-10-25/h4-8,10,16H,9H2,1-3H3,(H,23,26). The third-order valence-electron chi connectivity index (χ3n) is 4.63. The lowest BCUT2D eigenvalue weighted by Crippen LogP contribution is -2.30. The van der Waals surface area contributed by atoms with Crippen molar-refractivity contribution in [2.75, 3.05) is 13.7 Å². The molecule has 0 fully saturated rings. The first-order chi connectivity index (χ1) is 13.5. The highest BCUT2D eigenvalue weighted by molar-refractivity contribution is 6.31. The molecule has 0 bridgehead atoms. The molecule has 1 aliphatic heterocycles. The molecule has 7 nitrogen and oxygen atoms in total. The SMILES string of the molecule is COc1nc(C(=O)NC2COc3cc(C)c(Cl)cc32)ccc1-n1cnc(C)c1. The van der Waals surface area contributed by atoms with Gasteiger partial charge in [0.05, 0.1) is 25.2 Å². The molecule has 0 saturated heterocycles. The van der Waals surface area contributed by atoms with Crippen LogP contribution in [0.1, 0.15) is 33.4 Å². The van der Waals surface area contributed by atoms with Crippen molar-refractivity contribution in [3.8, 4) is 17.3 Å². The Bertz CT molecular complexity index is 1060. The number of hydrogen-bond acceptors (Lipinski definition) is 5. The first-order valence-corrected chi connectivity index (χ1v) is 9.13. The second kappa shape index (κ2) is 7.16. The highest BCUT2D eigenvalue weighted by Crippen LogP contribution is 2.36. The number of imidazole rings is 1. The van der Waals surface area contributed by atoms with Gasteiger partial charge in [0.2, 0.25) is 5.88 Å². The number of benzene rings is 1. The lowest BCUT2D eigenvalue weighted by Gasteiger charge is -2.14. The Morgan fingerprint density at radius 1 is 1.36 bits per heavy atom. The number of nitrogens with zero attached hydrogens (tertiary/aromatic N) is 3. The molecule has 1 aliphatic rings. The predicted octanol–water partition coefficient (Wildman–Crippen LogP) is 3.41. The van der Waals surface area contributed by atoms with Gasteiger partial charge in [-0.1, -0.05) is 11.6 Å². The third kappa shape index (κ3) is 3.29. The Balaban J connectivity index is 1.57. The highest BCUT2D eigenvalue weighted by atomic mass is 35.5. The molecule has 4 rings (SSSR count). The van der Waals surface area contributed by atoms with Crippen LogP contribution >= 0.6 is 11.6 Å². The number of hydrogen-bond donors (Lipinski definition) is 1. The molecule has 28 heavy (non-hydrogen) atoms. The number of methoxy groups -OCH3 is 1. The van der Waals surface area contributed by atoms with Crippen molar-refractivity contribution in [2.24, 2.45) is 0 Å². The topological polar surface area (TPSA) is 78.3 Å². The average Bonchev–Trinajstić information content (AvgIpc) is 3.28. The van der Waals surface area contributed by atoms with Crippen LogP contribution in [0.25, 0.3) is 5.69 Å². The lowest BCUT2D eigenvalue weighted by molar-refractivity contribution is 0.0924. The fraction of sp³-hybridized carbons (Fsp3) is 0.250. The molecule has 0 radical (unpaired) electrons. The number of carbonyl (C=O) groups excluding carboxylic acids is 1. The summed E-state index contributed by atoms with van der Waals surface area (Å²) in [6.45, 7) is 4.16. The normalized spacial score (nSPS) is 15.1. The average molecular weight is 399 g/mol. The molecule has 2 aromatic heterocycles. The van der Waals surface area contributed by atoms with E-state index in [2.05, 4.69) is 15.3 Å². The Morgan fingerprint density at radius 3 is 2.89 bits per heavy atom. The number of nitrogens with one attached hydrogen (secondary N) is 1. The van der Waals surface area contributed by atoms with E-state index in [1.54, 1.807) is 23.0 Å². The fourth-order valence-corrected chi connectivity index (χ4v) is 3.31. The summed E-state index contributed by atoms with van der Waals surface area (Å²) in [5.41, 5.74) is 3.63. The molecule has 3 aromatic rings. The Hall–Kier alpha value is -3.06. The van der Waals surface area contributed by atoms with Crippen molar-refractivity contribution in [3.63, 3.8) is 0 Å². The van der Waals surface area contributed by atoms with E-state index >= 15 is 0 Å². The number of amides is 1. The van der Waals surface area contributed by atoms with Crippen molar-refractivity contribution >= 4 is 17.5 Å². The van der Waals surface area contributed by atoms with Crippen LogP contribution < -0.4 is 14.8 Å². The van der Waals surface area contributed by atoms with Gasteiger partial charge < -0.3 is 19.4 Å². The molecule has 1 amide bonds. The molecule has 0 saturated carbocycles. The van der Waals surface area contributed by atoms with Crippen LogP contribution in [-0.2, 0) is 0 Å². The molecule has 3 heterocycles. The second-order valence-corrected chi connectivity index (χ2v) is 7.03. The number of pyridine rings is 1. The monoisotopic (exact) mass is 398 g/mol. The number of aromatic nitrogens is 3. The molecule has 0 aliphatic carbocycles. The summed E-state index contributed by atoms with van der Waals surface area (Å²) in [5.74, 6) is 0.764. The Kier molecular flexibility index (Phi) is 4.68. The number of rotatable bonds is 4. The smallest absolute Gasteiger partial charge is 0.270 e. The van der Waals surface area contributed by atoms with E-state index in [1.807, 2.05) is 32.2 Å². The molecule has 1 N–H and O–H groups in total. The number of ether oxygens (including phenoxy) is 2. The van der Waals surface area contributed by atoms with Crippen molar-refractivity contribution in [1.29, 1.82) is 0 Å². The van der Waals surface area contributed by atoms with Gasteiger partial charge in [-0.3, -0.25) is 4.79 Å². The van der Waals surface area contributed by atoms with Crippen molar-refractivity contribution in [1.82, 2.24) is 19.9 Å². The van der Waals surface area contributed by atoms with Gasteiger partial charge in [0.25, 0.3) is 5.91 Å². The van der Waals surface area contributed by atoms with E-state index in [4.69, 9.17) is 21.1 Å². The maximum absolute atomic E-state index is 12.7. The van der Waals surface area contributed by atoms with Gasteiger partial charge in [0.1, 0.15) is 23.7 Å². The van der Waals surface area contributed by atoms with Gasteiger partial charge in [-0.2, -0.15) is 0 Å². The van der Waals surface area contributed by atoms with Crippen LogP contribution in [0.15, 0.2) is 36.8 Å². The summed E-state index contributed by atoms with van der Waals surface area (Å²) in [7, 11) is 1.52. The van der Waals surface area contributed by atoms with Crippen LogP contribution in [0.5, 0.6) is 11.6 Å². The summed E-state index contributed by atoms with van der Waals surface area (Å²) in [4.78, 5) is 21.3. The number of aryl methyl sites for hydroxylation is 2. The first kappa shape index (κ1) is 18.3. The summed E-state index contributed by atoms with van der Waals surface area (Å²) >= 11 is 6.22. The van der Waals surface area contributed by atoms with Gasteiger partial charge in [0, 0.05) is 16.8 Å². The molecule has 8 heteroatoms. The molecular weight excluding hydrogens is 380 g/mol. The quantitative estimate of drug-likeness (QED) is 0.728. The second-order valence-electron chi connectivity index (χ2n) is 6.62. The van der Waals surface area contributed by atoms with Gasteiger partial charge in [-0.25, -0.2) is 9.97 Å². The molecule has 1 aromatic carbocycles. The molecule has 0 spiro atoms. The number of halogens is 1. The third-order valence-corrected chi connectivity index (χ3v) is 5.04. The van der Waals surface area contributed by atoms with Crippen molar-refractivity contribution in [3.05, 3.63) is 64.3 Å². The highest BCUT2D eigenvalue weighted by Gasteiger charge is 2.27. The minimum atomic E-state index is -0.315. The van der Waals surface area contributed by atoms with Gasteiger partial charge >= 0.3 is 0 Å². The van der Waals surface area contributed by atoms with Crippen LogP contribution in [0.2, 0.25) is 5.02 Å². The van der Waals surface area contributed by atoms with Crippen LogP contribution in [0.4, 0.5) is 0 Å². The van der Waals surface area contributed by atoms with E-state index in [9.17, 15) is 4.79 Å². The molecule has 1 atom stereocenters. The van der Waals surface area contributed by atoms with E-state index in [1.165, 1.54) is 7.11 Å². The molecule has 1 unspecified atom stereocenters. The zero-order valence-electron chi connectivity index (χ0n) is 15.7.